The highest BCUT2D eigenvalue weighted by molar-refractivity contribution is 5.97. The van der Waals surface area contributed by atoms with E-state index in [0.29, 0.717) is 43.2 Å². The van der Waals surface area contributed by atoms with Crippen molar-refractivity contribution >= 4 is 5.91 Å². The van der Waals surface area contributed by atoms with Gasteiger partial charge in [0.25, 0.3) is 5.91 Å². The van der Waals surface area contributed by atoms with Crippen molar-refractivity contribution < 1.29 is 13.9 Å². The molecule has 3 aromatic carbocycles. The lowest BCUT2D eigenvalue weighted by Crippen LogP contribution is -2.49. The van der Waals surface area contributed by atoms with Crippen LogP contribution in [0.5, 0.6) is 11.5 Å². The standard InChI is InChI=1S/C25H22FN3O2/c26-20-12-10-19(11-13-20)23(18-27)28-14-16-29(17-15-28)25(30)22-8-4-5-9-24(22)31-21-6-2-1-3-7-21/h1-13,23H,14-17H2/t23-/m0/s1. The van der Waals surface area contributed by atoms with E-state index in [2.05, 4.69) is 6.07 Å². The van der Waals surface area contributed by atoms with Crippen LogP contribution in [-0.2, 0) is 0 Å². The average molecular weight is 415 g/mol. The number of hydrogen-bond donors (Lipinski definition) is 0. The van der Waals surface area contributed by atoms with E-state index in [1.807, 2.05) is 47.4 Å². The maximum Gasteiger partial charge on any atom is 0.257 e. The van der Waals surface area contributed by atoms with Gasteiger partial charge in [0.2, 0.25) is 0 Å². The number of piperazine rings is 1. The van der Waals surface area contributed by atoms with Crippen LogP contribution in [0, 0.1) is 17.1 Å². The molecule has 0 aromatic heterocycles. The number of halogens is 1. The molecule has 0 saturated carbocycles. The normalized spacial score (nSPS) is 15.2. The first-order chi connectivity index (χ1) is 15.2. The number of ether oxygens (including phenoxy) is 1. The molecule has 0 aliphatic carbocycles. The number of rotatable bonds is 5. The molecule has 1 atom stereocenters. The fourth-order valence-electron chi connectivity index (χ4n) is 3.71. The molecule has 1 saturated heterocycles. The van der Waals surface area contributed by atoms with E-state index in [-0.39, 0.29) is 11.7 Å². The van der Waals surface area contributed by atoms with Crippen LogP contribution in [0.1, 0.15) is 22.0 Å². The minimum Gasteiger partial charge on any atom is -0.457 e. The summed E-state index contributed by atoms with van der Waals surface area (Å²) in [6.07, 6.45) is 0. The summed E-state index contributed by atoms with van der Waals surface area (Å²) >= 11 is 0. The Morgan fingerprint density at radius 2 is 1.55 bits per heavy atom. The van der Waals surface area contributed by atoms with Gasteiger partial charge in [0, 0.05) is 26.2 Å². The quantitative estimate of drug-likeness (QED) is 0.609. The summed E-state index contributed by atoms with van der Waals surface area (Å²) in [5.41, 5.74) is 1.26. The summed E-state index contributed by atoms with van der Waals surface area (Å²) in [6, 6.07) is 24.4. The van der Waals surface area contributed by atoms with Gasteiger partial charge in [-0.2, -0.15) is 5.26 Å². The number of nitriles is 1. The fraction of sp³-hybridized carbons (Fsp3) is 0.200. The van der Waals surface area contributed by atoms with Crippen molar-refractivity contribution in [3.05, 3.63) is 95.8 Å². The van der Waals surface area contributed by atoms with Gasteiger partial charge >= 0.3 is 0 Å². The van der Waals surface area contributed by atoms with Crippen molar-refractivity contribution in [1.82, 2.24) is 9.80 Å². The van der Waals surface area contributed by atoms with Crippen LogP contribution in [0.4, 0.5) is 4.39 Å². The lowest BCUT2D eigenvalue weighted by atomic mass is 10.1. The van der Waals surface area contributed by atoms with Crippen LogP contribution in [0.2, 0.25) is 0 Å². The predicted octanol–water partition coefficient (Wildman–Crippen LogP) is 4.64. The molecule has 0 bridgehead atoms. The van der Waals surface area contributed by atoms with Gasteiger partial charge in [-0.05, 0) is 42.0 Å². The molecule has 3 aromatic rings. The number of benzene rings is 3. The lowest BCUT2D eigenvalue weighted by Gasteiger charge is -2.37. The number of nitrogens with zero attached hydrogens (tertiary/aromatic N) is 3. The Morgan fingerprint density at radius 1 is 0.903 bits per heavy atom. The second-order valence-corrected chi connectivity index (χ2v) is 7.32. The van der Waals surface area contributed by atoms with E-state index in [0.717, 1.165) is 5.56 Å². The van der Waals surface area contributed by atoms with Crippen molar-refractivity contribution in [1.29, 1.82) is 5.26 Å². The Balaban J connectivity index is 1.44. The number of amides is 1. The highest BCUT2D eigenvalue weighted by atomic mass is 19.1. The van der Waals surface area contributed by atoms with Crippen molar-refractivity contribution in [3.63, 3.8) is 0 Å². The Morgan fingerprint density at radius 3 is 2.23 bits per heavy atom. The minimum absolute atomic E-state index is 0.0959. The molecule has 156 valence electrons. The van der Waals surface area contributed by atoms with E-state index < -0.39 is 6.04 Å². The molecule has 1 amide bonds. The molecule has 0 N–H and O–H groups in total. The van der Waals surface area contributed by atoms with Gasteiger partial charge < -0.3 is 9.64 Å². The largest absolute Gasteiger partial charge is 0.457 e. The van der Waals surface area contributed by atoms with Gasteiger partial charge in [-0.25, -0.2) is 4.39 Å². The topological polar surface area (TPSA) is 56.6 Å². The Hall–Kier alpha value is -3.69. The van der Waals surface area contributed by atoms with Gasteiger partial charge in [0.15, 0.2) is 0 Å². The molecule has 6 heteroatoms. The SMILES string of the molecule is N#C[C@@H](c1ccc(F)cc1)N1CCN(C(=O)c2ccccc2Oc2ccccc2)CC1. The first-order valence-corrected chi connectivity index (χ1v) is 10.2. The van der Waals surface area contributed by atoms with Crippen molar-refractivity contribution in [2.24, 2.45) is 0 Å². The second kappa shape index (κ2) is 9.41. The lowest BCUT2D eigenvalue weighted by molar-refractivity contribution is 0.0604. The third-order valence-corrected chi connectivity index (χ3v) is 5.36. The molecule has 0 unspecified atom stereocenters. The minimum atomic E-state index is -0.466. The van der Waals surface area contributed by atoms with Crippen molar-refractivity contribution in [2.75, 3.05) is 26.2 Å². The maximum atomic E-state index is 13.2. The Kier molecular flexibility index (Phi) is 6.25. The van der Waals surface area contributed by atoms with Crippen LogP contribution in [0.15, 0.2) is 78.9 Å². The van der Waals surface area contributed by atoms with Crippen molar-refractivity contribution in [3.8, 4) is 17.6 Å². The van der Waals surface area contributed by atoms with Gasteiger partial charge in [0.05, 0.1) is 11.6 Å². The third kappa shape index (κ3) is 4.73. The van der Waals surface area contributed by atoms with E-state index >= 15 is 0 Å². The summed E-state index contributed by atoms with van der Waals surface area (Å²) in [7, 11) is 0. The number of hydrogen-bond acceptors (Lipinski definition) is 4. The van der Waals surface area contributed by atoms with Crippen LogP contribution in [0.25, 0.3) is 0 Å². The number of carbonyl (C=O) groups excluding carboxylic acids is 1. The van der Waals surface area contributed by atoms with Gasteiger partial charge in [-0.15, -0.1) is 0 Å². The molecule has 1 aliphatic rings. The van der Waals surface area contributed by atoms with Crippen LogP contribution in [-0.4, -0.2) is 41.9 Å². The molecule has 1 aliphatic heterocycles. The monoisotopic (exact) mass is 415 g/mol. The summed E-state index contributed by atoms with van der Waals surface area (Å²) in [6.45, 7) is 2.11. The van der Waals surface area contributed by atoms with Gasteiger partial charge in [-0.3, -0.25) is 9.69 Å². The third-order valence-electron chi connectivity index (χ3n) is 5.36. The van der Waals surface area contributed by atoms with Gasteiger partial charge in [-0.1, -0.05) is 42.5 Å². The summed E-state index contributed by atoms with van der Waals surface area (Å²) in [5, 5.41) is 9.65. The highest BCUT2D eigenvalue weighted by Crippen LogP contribution is 2.27. The molecule has 1 fully saturated rings. The maximum absolute atomic E-state index is 13.2. The van der Waals surface area contributed by atoms with Crippen LogP contribution in [0.3, 0.4) is 0 Å². The van der Waals surface area contributed by atoms with Crippen LogP contribution >= 0.6 is 0 Å². The van der Waals surface area contributed by atoms with E-state index in [1.54, 1.807) is 29.2 Å². The highest BCUT2D eigenvalue weighted by Gasteiger charge is 2.28. The first-order valence-electron chi connectivity index (χ1n) is 10.2. The summed E-state index contributed by atoms with van der Waals surface area (Å²) < 4.78 is 19.2. The molecular formula is C25H22FN3O2. The molecule has 4 rings (SSSR count). The second-order valence-electron chi connectivity index (χ2n) is 7.32. The predicted molar refractivity (Wildman–Crippen MR) is 115 cm³/mol. The zero-order valence-electron chi connectivity index (χ0n) is 16.9. The molecule has 0 radical (unpaired) electrons. The molecule has 31 heavy (non-hydrogen) atoms. The zero-order valence-corrected chi connectivity index (χ0v) is 16.9. The molecule has 0 spiro atoms. The fourth-order valence-corrected chi connectivity index (χ4v) is 3.71. The van der Waals surface area contributed by atoms with Crippen molar-refractivity contribution in [2.45, 2.75) is 6.04 Å². The Labute approximate surface area is 180 Å². The summed E-state index contributed by atoms with van der Waals surface area (Å²) in [5.74, 6) is 0.764. The van der Waals surface area contributed by atoms with Crippen LogP contribution < -0.4 is 4.74 Å². The Bertz CT molecular complexity index is 1070. The van der Waals surface area contributed by atoms with Gasteiger partial charge in [0.1, 0.15) is 23.4 Å². The molecule has 5 nitrogen and oxygen atoms in total. The number of carbonyl (C=O) groups is 1. The summed E-state index contributed by atoms with van der Waals surface area (Å²) in [4.78, 5) is 17.0. The van der Waals surface area contributed by atoms with E-state index in [9.17, 15) is 14.4 Å². The first kappa shape index (κ1) is 20.6. The number of para-hydroxylation sites is 2. The molecular weight excluding hydrogens is 393 g/mol. The smallest absolute Gasteiger partial charge is 0.257 e. The van der Waals surface area contributed by atoms with E-state index in [1.165, 1.54) is 12.1 Å². The zero-order chi connectivity index (χ0) is 21.6. The average Bonchev–Trinajstić information content (AvgIpc) is 2.82. The molecule has 1 heterocycles. The van der Waals surface area contributed by atoms with E-state index in [4.69, 9.17) is 4.74 Å².